The number of nitrogens with zero attached hydrogens (tertiary/aromatic N) is 3. The van der Waals surface area contributed by atoms with Crippen LogP contribution in [-0.2, 0) is 4.79 Å². The average molecular weight is 517 g/mol. The molecule has 1 amide bonds. The lowest BCUT2D eigenvalue weighted by Gasteiger charge is -2.25. The Balaban J connectivity index is 1.67. The van der Waals surface area contributed by atoms with Crippen LogP contribution in [0.15, 0.2) is 92.2 Å². The molecule has 1 aliphatic rings. The number of anilines is 1. The number of hydrogen-bond donors (Lipinski definition) is 1. The van der Waals surface area contributed by atoms with Crippen LogP contribution in [0.25, 0.3) is 6.08 Å². The van der Waals surface area contributed by atoms with Gasteiger partial charge in [-0.05, 0) is 42.8 Å². The van der Waals surface area contributed by atoms with Gasteiger partial charge in [-0.3, -0.25) is 24.3 Å². The maximum absolute atomic E-state index is 13.7. The summed E-state index contributed by atoms with van der Waals surface area (Å²) in [6.07, 6.45) is 1.43. The molecular formula is C26H20N4O6S. The van der Waals surface area contributed by atoms with E-state index in [0.29, 0.717) is 33.1 Å². The number of nitrogens with one attached hydrogen (secondary N) is 1. The second kappa shape index (κ2) is 9.70. The molecule has 0 unspecified atom stereocenters. The van der Waals surface area contributed by atoms with Gasteiger partial charge >= 0.3 is 5.88 Å². The number of benzene rings is 2. The zero-order valence-electron chi connectivity index (χ0n) is 19.7. The molecule has 1 aliphatic heterocycles. The first-order valence-electron chi connectivity index (χ1n) is 11.1. The Morgan fingerprint density at radius 3 is 2.68 bits per heavy atom. The Bertz CT molecular complexity index is 1730. The summed E-state index contributed by atoms with van der Waals surface area (Å²) in [5.41, 5.74) is 1.63. The van der Waals surface area contributed by atoms with Crippen molar-refractivity contribution in [3.8, 4) is 5.75 Å². The van der Waals surface area contributed by atoms with Crippen LogP contribution >= 0.6 is 11.3 Å². The fraction of sp³-hybridized carbons (Fsp3) is 0.115. The number of aromatic nitrogens is 1. The van der Waals surface area contributed by atoms with Crippen molar-refractivity contribution in [1.29, 1.82) is 0 Å². The predicted octanol–water partition coefficient (Wildman–Crippen LogP) is 3.38. The number of thiazole rings is 1. The van der Waals surface area contributed by atoms with Crippen LogP contribution in [-0.4, -0.2) is 22.5 Å². The Morgan fingerprint density at radius 2 is 1.97 bits per heavy atom. The van der Waals surface area contributed by atoms with E-state index in [2.05, 4.69) is 10.3 Å². The highest BCUT2D eigenvalue weighted by Gasteiger charge is 2.32. The Kier molecular flexibility index (Phi) is 6.28. The zero-order valence-corrected chi connectivity index (χ0v) is 20.5. The van der Waals surface area contributed by atoms with E-state index in [1.54, 1.807) is 37.3 Å². The van der Waals surface area contributed by atoms with Crippen LogP contribution in [0.1, 0.15) is 24.3 Å². The van der Waals surface area contributed by atoms with Gasteiger partial charge in [-0.1, -0.05) is 41.7 Å². The third-order valence-corrected chi connectivity index (χ3v) is 6.76. The van der Waals surface area contributed by atoms with E-state index in [0.717, 1.165) is 11.3 Å². The van der Waals surface area contributed by atoms with Gasteiger partial charge in [0.05, 0.1) is 35.0 Å². The molecule has 0 bridgehead atoms. The zero-order chi connectivity index (χ0) is 26.1. The van der Waals surface area contributed by atoms with Crippen LogP contribution in [0.2, 0.25) is 0 Å². The topological polar surface area (TPSA) is 129 Å². The van der Waals surface area contributed by atoms with E-state index in [1.165, 1.54) is 29.9 Å². The fourth-order valence-electron chi connectivity index (χ4n) is 4.11. The number of hydrogen-bond acceptors (Lipinski definition) is 8. The van der Waals surface area contributed by atoms with Crippen LogP contribution in [0.5, 0.6) is 5.75 Å². The van der Waals surface area contributed by atoms with Gasteiger partial charge < -0.3 is 14.5 Å². The first-order valence-corrected chi connectivity index (χ1v) is 11.9. The second-order valence-electron chi connectivity index (χ2n) is 8.11. The number of furan rings is 1. The third-order valence-electron chi connectivity index (χ3n) is 5.77. The largest absolute Gasteiger partial charge is 0.497 e. The van der Waals surface area contributed by atoms with Crippen molar-refractivity contribution in [3.63, 3.8) is 0 Å². The molecule has 1 N–H and O–H groups in total. The van der Waals surface area contributed by atoms with Crippen LogP contribution in [0.3, 0.4) is 0 Å². The molecule has 2 aromatic carbocycles. The number of rotatable bonds is 6. The summed E-state index contributed by atoms with van der Waals surface area (Å²) in [6, 6.07) is 18.0. The highest BCUT2D eigenvalue weighted by atomic mass is 32.1. The van der Waals surface area contributed by atoms with E-state index in [-0.39, 0.29) is 10.3 Å². The molecule has 2 aromatic heterocycles. The van der Waals surface area contributed by atoms with Crippen molar-refractivity contribution in [2.45, 2.75) is 13.0 Å². The normalized spacial score (nSPS) is 15.2. The van der Waals surface area contributed by atoms with Gasteiger partial charge in [0.2, 0.25) is 0 Å². The number of carbonyl (C=O) groups excluding carboxylic acids is 1. The van der Waals surface area contributed by atoms with Crippen LogP contribution in [0.4, 0.5) is 11.6 Å². The van der Waals surface area contributed by atoms with Gasteiger partial charge in [-0.15, -0.1) is 0 Å². The van der Waals surface area contributed by atoms with E-state index >= 15 is 0 Å². The van der Waals surface area contributed by atoms with Crippen molar-refractivity contribution >= 4 is 34.9 Å². The number of allylic oxidation sites excluding steroid dienone is 1. The first kappa shape index (κ1) is 23.9. The highest BCUT2D eigenvalue weighted by Crippen LogP contribution is 2.32. The molecule has 0 aliphatic carbocycles. The lowest BCUT2D eigenvalue weighted by Crippen LogP contribution is -2.40. The number of fused-ring (bicyclic) bond motifs is 1. The number of para-hydroxylation sites is 1. The summed E-state index contributed by atoms with van der Waals surface area (Å²) in [5, 5.41) is 13.9. The monoisotopic (exact) mass is 516 g/mol. The summed E-state index contributed by atoms with van der Waals surface area (Å²) in [4.78, 5) is 42.5. The smallest absolute Gasteiger partial charge is 0.433 e. The number of methoxy groups -OCH3 is 1. The van der Waals surface area contributed by atoms with Gasteiger partial charge in [0.25, 0.3) is 11.5 Å². The molecule has 10 nitrogen and oxygen atoms in total. The molecule has 5 rings (SSSR count). The number of ether oxygens (including phenoxy) is 1. The van der Waals surface area contributed by atoms with Crippen molar-refractivity contribution < 1.29 is 18.9 Å². The third kappa shape index (κ3) is 4.59. The summed E-state index contributed by atoms with van der Waals surface area (Å²) >= 11 is 1.11. The van der Waals surface area contributed by atoms with E-state index in [4.69, 9.17) is 9.15 Å². The molecule has 11 heteroatoms. The van der Waals surface area contributed by atoms with Crippen molar-refractivity contribution in [3.05, 3.63) is 119 Å². The van der Waals surface area contributed by atoms with Crippen LogP contribution in [0, 0.1) is 10.1 Å². The summed E-state index contributed by atoms with van der Waals surface area (Å²) in [6.45, 7) is 1.72. The minimum absolute atomic E-state index is 0.160. The van der Waals surface area contributed by atoms with E-state index in [9.17, 15) is 19.7 Å². The van der Waals surface area contributed by atoms with Gasteiger partial charge in [-0.2, -0.15) is 0 Å². The number of carbonyl (C=O) groups is 1. The maximum atomic E-state index is 13.7. The Morgan fingerprint density at radius 1 is 1.19 bits per heavy atom. The van der Waals surface area contributed by atoms with Gasteiger partial charge in [0, 0.05) is 11.8 Å². The standard InChI is InChI=1S/C26H20N4O6S/c1-15-22(24(31)28-17-8-4-3-5-9-17)23(16-7-6-10-18(13-16)35-2)29-25(32)20(37-26(29)27-15)14-19-11-12-21(36-19)30(33)34/h3-14,23H,1-2H3,(H,28,31)/b20-14-/t23-/m1/s1. The quantitative estimate of drug-likeness (QED) is 0.309. The molecule has 3 heterocycles. The van der Waals surface area contributed by atoms with Gasteiger partial charge in [0.15, 0.2) is 4.80 Å². The molecular weight excluding hydrogens is 496 g/mol. The molecule has 186 valence electrons. The fourth-order valence-corrected chi connectivity index (χ4v) is 5.13. The van der Waals surface area contributed by atoms with E-state index in [1.807, 2.05) is 24.3 Å². The van der Waals surface area contributed by atoms with Gasteiger partial charge in [0.1, 0.15) is 16.4 Å². The minimum Gasteiger partial charge on any atom is -0.497 e. The molecule has 4 aromatic rings. The summed E-state index contributed by atoms with van der Waals surface area (Å²) in [5.74, 6) is -0.0900. The molecule has 0 saturated carbocycles. The van der Waals surface area contributed by atoms with E-state index < -0.39 is 28.3 Å². The molecule has 1 atom stereocenters. The Labute approximate surface area is 213 Å². The molecule has 0 radical (unpaired) electrons. The van der Waals surface area contributed by atoms with Crippen LogP contribution < -0.4 is 24.9 Å². The predicted molar refractivity (Wildman–Crippen MR) is 137 cm³/mol. The molecule has 37 heavy (non-hydrogen) atoms. The lowest BCUT2D eigenvalue weighted by molar-refractivity contribution is -0.402. The maximum Gasteiger partial charge on any atom is 0.433 e. The number of amides is 1. The highest BCUT2D eigenvalue weighted by molar-refractivity contribution is 7.07. The summed E-state index contributed by atoms with van der Waals surface area (Å²) < 4.78 is 12.3. The molecule has 0 spiro atoms. The average Bonchev–Trinajstić information content (AvgIpc) is 3.48. The van der Waals surface area contributed by atoms with Crippen molar-refractivity contribution in [1.82, 2.24) is 4.57 Å². The second-order valence-corrected chi connectivity index (χ2v) is 9.12. The first-order chi connectivity index (χ1) is 17.9. The molecule has 0 fully saturated rings. The Hall–Kier alpha value is -4.77. The summed E-state index contributed by atoms with van der Waals surface area (Å²) in [7, 11) is 1.54. The van der Waals surface area contributed by atoms with Crippen molar-refractivity contribution in [2.75, 3.05) is 12.4 Å². The minimum atomic E-state index is -0.789. The SMILES string of the molecule is COc1cccc([C@@H]2C(C(=O)Nc3ccccc3)=C(C)N=c3s/c(=C\c4ccc([N+](=O)[O-])o4)c(=O)n32)c1. The molecule has 0 saturated heterocycles. The lowest BCUT2D eigenvalue weighted by atomic mass is 9.95. The van der Waals surface area contributed by atoms with Crippen molar-refractivity contribution in [2.24, 2.45) is 4.99 Å². The van der Waals surface area contributed by atoms with Gasteiger partial charge in [-0.25, -0.2) is 4.99 Å². The number of nitro groups is 1.